The van der Waals surface area contributed by atoms with E-state index in [4.69, 9.17) is 9.84 Å². The average Bonchev–Trinajstić information content (AvgIpc) is 2.46. The summed E-state index contributed by atoms with van der Waals surface area (Å²) in [6.45, 7) is -0.545. The third-order valence-electron chi connectivity index (χ3n) is 2.50. The van der Waals surface area contributed by atoms with E-state index < -0.39 is 24.3 Å². The van der Waals surface area contributed by atoms with Gasteiger partial charge in [0.15, 0.2) is 12.4 Å². The van der Waals surface area contributed by atoms with Crippen LogP contribution in [-0.4, -0.2) is 28.6 Å². The lowest BCUT2D eigenvalue weighted by atomic mass is 10.2. The Kier molecular flexibility index (Phi) is 4.45. The number of anilines is 1. The molecule has 0 radical (unpaired) electrons. The fraction of sp³-hybridized carbons (Fsp3) is 0.0714. The summed E-state index contributed by atoms with van der Waals surface area (Å²) >= 11 is 0. The number of halogens is 1. The number of hydrogen-bond acceptors (Lipinski definition) is 4. The maximum absolute atomic E-state index is 13.5. The van der Waals surface area contributed by atoms with Crippen molar-refractivity contribution in [3.8, 4) is 5.75 Å². The smallest absolute Gasteiger partial charge is 0.341 e. The van der Waals surface area contributed by atoms with Gasteiger partial charge in [-0.1, -0.05) is 12.1 Å². The molecular formula is C14H11FN2O4. The third kappa shape index (κ3) is 3.75. The van der Waals surface area contributed by atoms with E-state index in [2.05, 4.69) is 10.3 Å². The Morgan fingerprint density at radius 2 is 2.05 bits per heavy atom. The highest BCUT2D eigenvalue weighted by atomic mass is 19.1. The number of carboxylic acid groups (broad SMARTS) is 1. The summed E-state index contributed by atoms with van der Waals surface area (Å²) in [5.74, 6) is -2.39. The van der Waals surface area contributed by atoms with Crippen LogP contribution in [0.4, 0.5) is 10.1 Å². The first-order chi connectivity index (χ1) is 10.1. The normalized spacial score (nSPS) is 9.95. The lowest BCUT2D eigenvalue weighted by molar-refractivity contribution is -0.139. The maximum Gasteiger partial charge on any atom is 0.341 e. The molecule has 108 valence electrons. The first-order valence-electron chi connectivity index (χ1n) is 5.92. The topological polar surface area (TPSA) is 88.5 Å². The van der Waals surface area contributed by atoms with E-state index in [-0.39, 0.29) is 17.0 Å². The van der Waals surface area contributed by atoms with Gasteiger partial charge in [0.25, 0.3) is 5.91 Å². The summed E-state index contributed by atoms with van der Waals surface area (Å²) in [6.07, 6.45) is 2.23. The highest BCUT2D eigenvalue weighted by Gasteiger charge is 2.14. The molecule has 7 heteroatoms. The van der Waals surface area contributed by atoms with Crippen LogP contribution in [0.5, 0.6) is 5.75 Å². The predicted octanol–water partition coefficient (Wildman–Crippen LogP) is 1.94. The van der Waals surface area contributed by atoms with Gasteiger partial charge < -0.3 is 15.2 Å². The fourth-order valence-corrected chi connectivity index (χ4v) is 1.58. The van der Waals surface area contributed by atoms with Gasteiger partial charge in [-0.15, -0.1) is 0 Å². The summed E-state index contributed by atoms with van der Waals surface area (Å²) < 4.78 is 18.5. The largest absolute Gasteiger partial charge is 0.480 e. The van der Waals surface area contributed by atoms with Crippen LogP contribution in [-0.2, 0) is 4.79 Å². The fourth-order valence-electron chi connectivity index (χ4n) is 1.58. The van der Waals surface area contributed by atoms with Crippen LogP contribution in [0.3, 0.4) is 0 Å². The molecule has 0 aliphatic carbocycles. The molecule has 6 nitrogen and oxygen atoms in total. The molecule has 2 N–H and O–H groups in total. The Morgan fingerprint density at radius 1 is 1.29 bits per heavy atom. The van der Waals surface area contributed by atoms with Crippen LogP contribution >= 0.6 is 0 Å². The molecule has 1 heterocycles. The summed E-state index contributed by atoms with van der Waals surface area (Å²) in [5.41, 5.74) is 0.0815. The minimum Gasteiger partial charge on any atom is -0.480 e. The second-order valence-corrected chi connectivity index (χ2v) is 3.99. The van der Waals surface area contributed by atoms with E-state index in [1.807, 2.05) is 0 Å². The quantitative estimate of drug-likeness (QED) is 0.878. The molecule has 0 bridgehead atoms. The zero-order valence-electron chi connectivity index (χ0n) is 10.7. The lowest BCUT2D eigenvalue weighted by Gasteiger charge is -2.11. The van der Waals surface area contributed by atoms with Gasteiger partial charge in [-0.05, 0) is 18.2 Å². The van der Waals surface area contributed by atoms with E-state index in [9.17, 15) is 14.0 Å². The summed E-state index contributed by atoms with van der Waals surface area (Å²) in [5, 5.41) is 11.1. The second-order valence-electron chi connectivity index (χ2n) is 3.99. The number of aromatic nitrogens is 1. The van der Waals surface area contributed by atoms with E-state index >= 15 is 0 Å². The monoisotopic (exact) mass is 290 g/mol. The van der Waals surface area contributed by atoms with Crippen molar-refractivity contribution in [3.05, 3.63) is 54.1 Å². The Hall–Kier alpha value is -2.96. The number of nitrogens with zero attached hydrogens (tertiary/aromatic N) is 1. The van der Waals surface area contributed by atoms with Crippen molar-refractivity contribution in [2.75, 3.05) is 11.9 Å². The Balaban J connectivity index is 2.18. The van der Waals surface area contributed by atoms with Crippen molar-refractivity contribution in [1.82, 2.24) is 4.98 Å². The number of amides is 1. The first-order valence-corrected chi connectivity index (χ1v) is 5.92. The van der Waals surface area contributed by atoms with Gasteiger partial charge in [0, 0.05) is 6.20 Å². The van der Waals surface area contributed by atoms with Gasteiger partial charge in [0.05, 0.1) is 17.4 Å². The number of carbonyl (C=O) groups excluding carboxylic acids is 1. The summed E-state index contributed by atoms with van der Waals surface area (Å²) in [4.78, 5) is 26.0. The molecule has 0 spiro atoms. The van der Waals surface area contributed by atoms with E-state index in [1.54, 1.807) is 12.1 Å². The molecule has 1 amide bonds. The van der Waals surface area contributed by atoms with Gasteiger partial charge in [0.1, 0.15) is 5.75 Å². The van der Waals surface area contributed by atoms with Crippen molar-refractivity contribution in [2.24, 2.45) is 0 Å². The molecule has 21 heavy (non-hydrogen) atoms. The molecule has 2 rings (SSSR count). The molecule has 0 saturated heterocycles. The van der Waals surface area contributed by atoms with E-state index in [1.165, 1.54) is 24.4 Å². The van der Waals surface area contributed by atoms with Crippen molar-refractivity contribution in [1.29, 1.82) is 0 Å². The van der Waals surface area contributed by atoms with Crippen LogP contribution in [0.1, 0.15) is 10.4 Å². The minimum atomic E-state index is -1.14. The van der Waals surface area contributed by atoms with Gasteiger partial charge in [-0.3, -0.25) is 9.78 Å². The number of aliphatic carboxylic acids is 1. The second kappa shape index (κ2) is 6.47. The number of rotatable bonds is 5. The van der Waals surface area contributed by atoms with Crippen LogP contribution in [0.2, 0.25) is 0 Å². The predicted molar refractivity (Wildman–Crippen MR) is 71.7 cm³/mol. The van der Waals surface area contributed by atoms with Crippen LogP contribution < -0.4 is 10.1 Å². The highest BCUT2D eigenvalue weighted by Crippen LogP contribution is 2.24. The lowest BCUT2D eigenvalue weighted by Crippen LogP contribution is -2.16. The van der Waals surface area contributed by atoms with E-state index in [0.717, 1.165) is 6.20 Å². The summed E-state index contributed by atoms with van der Waals surface area (Å²) in [6, 6.07) is 7.52. The molecule has 0 saturated carbocycles. The van der Waals surface area contributed by atoms with Crippen LogP contribution in [0.25, 0.3) is 0 Å². The molecule has 1 aromatic heterocycles. The number of carbonyl (C=O) groups is 2. The molecule has 2 aromatic rings. The molecular weight excluding hydrogens is 279 g/mol. The number of carboxylic acids is 1. The molecule has 0 atom stereocenters. The third-order valence-corrected chi connectivity index (χ3v) is 2.50. The minimum absolute atomic E-state index is 0.168. The van der Waals surface area contributed by atoms with Crippen molar-refractivity contribution in [3.63, 3.8) is 0 Å². The van der Waals surface area contributed by atoms with Crippen molar-refractivity contribution >= 4 is 17.6 Å². The summed E-state index contributed by atoms with van der Waals surface area (Å²) in [7, 11) is 0. The average molecular weight is 290 g/mol. The number of para-hydroxylation sites is 2. The molecule has 1 aromatic carbocycles. The van der Waals surface area contributed by atoms with Gasteiger partial charge in [0.2, 0.25) is 0 Å². The number of pyridine rings is 1. The van der Waals surface area contributed by atoms with E-state index in [0.29, 0.717) is 0 Å². The van der Waals surface area contributed by atoms with Crippen LogP contribution in [0.15, 0.2) is 42.7 Å². The molecule has 0 fully saturated rings. The first kappa shape index (κ1) is 14.4. The maximum atomic E-state index is 13.5. The molecule has 0 aliphatic heterocycles. The van der Waals surface area contributed by atoms with Crippen molar-refractivity contribution < 1.29 is 23.8 Å². The SMILES string of the molecule is O=C(O)COc1ccccc1NC(=O)c1ccncc1F. The Morgan fingerprint density at radius 3 is 2.76 bits per heavy atom. The van der Waals surface area contributed by atoms with Crippen LogP contribution in [0, 0.1) is 5.82 Å². The van der Waals surface area contributed by atoms with Gasteiger partial charge >= 0.3 is 5.97 Å². The van der Waals surface area contributed by atoms with Gasteiger partial charge in [-0.2, -0.15) is 0 Å². The van der Waals surface area contributed by atoms with Crippen molar-refractivity contribution in [2.45, 2.75) is 0 Å². The Bertz CT molecular complexity index is 676. The number of benzene rings is 1. The standard InChI is InChI=1S/C14H11FN2O4/c15-10-7-16-6-5-9(10)14(20)17-11-3-1-2-4-12(11)21-8-13(18)19/h1-7H,8H2,(H,17,20)(H,18,19). The molecule has 0 aliphatic rings. The van der Waals surface area contributed by atoms with Gasteiger partial charge in [-0.25, -0.2) is 9.18 Å². The number of hydrogen-bond donors (Lipinski definition) is 2. The Labute approximate surface area is 119 Å². The molecule has 0 unspecified atom stereocenters. The highest BCUT2D eigenvalue weighted by molar-refractivity contribution is 6.05. The zero-order valence-corrected chi connectivity index (χ0v) is 10.7. The zero-order chi connectivity index (χ0) is 15.2. The number of ether oxygens (including phenoxy) is 1. The number of nitrogens with one attached hydrogen (secondary N) is 1.